The molecule has 0 heterocycles. The molecule has 0 saturated carbocycles. The molecule has 0 unspecified atom stereocenters. The predicted molar refractivity (Wildman–Crippen MR) is 72.3 cm³/mol. The van der Waals surface area contributed by atoms with Gasteiger partial charge in [0.15, 0.2) is 0 Å². The first-order valence-corrected chi connectivity index (χ1v) is 6.13. The number of halogens is 4. The van der Waals surface area contributed by atoms with Crippen molar-refractivity contribution in [1.82, 2.24) is 0 Å². The van der Waals surface area contributed by atoms with E-state index in [1.807, 2.05) is 0 Å². The van der Waals surface area contributed by atoms with Gasteiger partial charge in [0.05, 0.1) is 18.4 Å². The molecule has 0 spiro atoms. The van der Waals surface area contributed by atoms with Gasteiger partial charge in [-0.25, -0.2) is 4.39 Å². The van der Waals surface area contributed by atoms with E-state index < -0.39 is 29.2 Å². The van der Waals surface area contributed by atoms with Crippen LogP contribution in [0.15, 0.2) is 42.5 Å². The smallest absolute Gasteiger partial charge is 0.416 e. The Morgan fingerprint density at radius 3 is 2.27 bits per heavy atom. The van der Waals surface area contributed by atoms with Crippen molar-refractivity contribution < 1.29 is 27.1 Å². The Bertz CT molecular complexity index is 681. The van der Waals surface area contributed by atoms with E-state index in [0.717, 1.165) is 0 Å². The number of carbonyl (C=O) groups is 1. The van der Waals surface area contributed by atoms with Gasteiger partial charge in [0.25, 0.3) is 5.91 Å². The van der Waals surface area contributed by atoms with Crippen molar-refractivity contribution in [3.63, 3.8) is 0 Å². The molecular formula is C15H11F4NO2. The Balaban J connectivity index is 2.23. The van der Waals surface area contributed by atoms with Crippen LogP contribution in [-0.4, -0.2) is 13.0 Å². The average molecular weight is 313 g/mol. The van der Waals surface area contributed by atoms with Gasteiger partial charge in [-0.2, -0.15) is 13.2 Å². The molecule has 22 heavy (non-hydrogen) atoms. The number of benzene rings is 2. The van der Waals surface area contributed by atoms with Crippen molar-refractivity contribution in [3.05, 3.63) is 59.4 Å². The van der Waals surface area contributed by atoms with Crippen LogP contribution in [0.2, 0.25) is 0 Å². The van der Waals surface area contributed by atoms with E-state index in [1.165, 1.54) is 31.4 Å². The standard InChI is InChI=1S/C15H11F4NO2/c1-22-11-5-2-9(3-6-11)14(21)20-13-8-10(15(17,18)19)4-7-12(13)16/h2-8H,1H3,(H,20,21). The topological polar surface area (TPSA) is 38.3 Å². The molecule has 0 aliphatic rings. The van der Waals surface area contributed by atoms with Crippen LogP contribution in [0.4, 0.5) is 23.2 Å². The van der Waals surface area contributed by atoms with E-state index in [9.17, 15) is 22.4 Å². The van der Waals surface area contributed by atoms with Gasteiger partial charge < -0.3 is 10.1 Å². The first kappa shape index (κ1) is 15.8. The van der Waals surface area contributed by atoms with E-state index in [-0.39, 0.29) is 5.56 Å². The number of amides is 1. The molecule has 0 bridgehead atoms. The third-order valence-corrected chi connectivity index (χ3v) is 2.89. The van der Waals surface area contributed by atoms with Gasteiger partial charge >= 0.3 is 6.18 Å². The molecule has 116 valence electrons. The van der Waals surface area contributed by atoms with Crippen molar-refractivity contribution in [2.75, 3.05) is 12.4 Å². The number of hydrogen-bond acceptors (Lipinski definition) is 2. The number of ether oxygens (including phenoxy) is 1. The highest BCUT2D eigenvalue weighted by Crippen LogP contribution is 2.31. The number of anilines is 1. The van der Waals surface area contributed by atoms with Crippen LogP contribution in [-0.2, 0) is 6.18 Å². The minimum Gasteiger partial charge on any atom is -0.497 e. The molecule has 0 aromatic heterocycles. The van der Waals surface area contributed by atoms with Crippen LogP contribution in [0.5, 0.6) is 5.75 Å². The van der Waals surface area contributed by atoms with E-state index in [0.29, 0.717) is 23.9 Å². The highest BCUT2D eigenvalue weighted by atomic mass is 19.4. The van der Waals surface area contributed by atoms with E-state index in [2.05, 4.69) is 5.32 Å². The van der Waals surface area contributed by atoms with Crippen molar-refractivity contribution in [3.8, 4) is 5.75 Å². The van der Waals surface area contributed by atoms with Crippen molar-refractivity contribution >= 4 is 11.6 Å². The molecule has 2 rings (SSSR count). The van der Waals surface area contributed by atoms with Gasteiger partial charge in [0, 0.05) is 5.56 Å². The van der Waals surface area contributed by atoms with Gasteiger partial charge in [-0.15, -0.1) is 0 Å². The SMILES string of the molecule is COc1ccc(C(=O)Nc2cc(C(F)(F)F)ccc2F)cc1. The zero-order valence-corrected chi connectivity index (χ0v) is 11.4. The molecule has 3 nitrogen and oxygen atoms in total. The predicted octanol–water partition coefficient (Wildman–Crippen LogP) is 4.11. The lowest BCUT2D eigenvalue weighted by atomic mass is 10.1. The third-order valence-electron chi connectivity index (χ3n) is 2.89. The van der Waals surface area contributed by atoms with Gasteiger partial charge in [-0.05, 0) is 42.5 Å². The average Bonchev–Trinajstić information content (AvgIpc) is 2.48. The lowest BCUT2D eigenvalue weighted by Gasteiger charge is -2.11. The zero-order valence-electron chi connectivity index (χ0n) is 11.4. The fraction of sp³-hybridized carbons (Fsp3) is 0.133. The molecular weight excluding hydrogens is 302 g/mol. The second-order valence-electron chi connectivity index (χ2n) is 4.38. The number of alkyl halides is 3. The van der Waals surface area contributed by atoms with Crippen LogP contribution >= 0.6 is 0 Å². The summed E-state index contributed by atoms with van der Waals surface area (Å²) in [6, 6.07) is 7.68. The molecule has 7 heteroatoms. The summed E-state index contributed by atoms with van der Waals surface area (Å²) in [7, 11) is 1.45. The normalized spacial score (nSPS) is 11.1. The summed E-state index contributed by atoms with van der Waals surface area (Å²) >= 11 is 0. The van der Waals surface area contributed by atoms with Gasteiger partial charge in [0.2, 0.25) is 0 Å². The maximum atomic E-state index is 13.6. The molecule has 2 aromatic carbocycles. The summed E-state index contributed by atoms with van der Waals surface area (Å²) in [6.07, 6.45) is -4.62. The summed E-state index contributed by atoms with van der Waals surface area (Å²) < 4.78 is 56.3. The molecule has 1 amide bonds. The third kappa shape index (κ3) is 3.55. The first-order chi connectivity index (χ1) is 10.3. The Hall–Kier alpha value is -2.57. The zero-order chi connectivity index (χ0) is 16.3. The van der Waals surface area contributed by atoms with Gasteiger partial charge in [-0.1, -0.05) is 0 Å². The molecule has 0 atom stereocenters. The largest absolute Gasteiger partial charge is 0.497 e. The lowest BCUT2D eigenvalue weighted by molar-refractivity contribution is -0.137. The Morgan fingerprint density at radius 1 is 1.09 bits per heavy atom. The molecule has 0 saturated heterocycles. The number of methoxy groups -OCH3 is 1. The molecule has 0 aliphatic carbocycles. The van der Waals surface area contributed by atoms with E-state index >= 15 is 0 Å². The van der Waals surface area contributed by atoms with Crippen LogP contribution in [0.25, 0.3) is 0 Å². The fourth-order valence-electron chi connectivity index (χ4n) is 1.73. The lowest BCUT2D eigenvalue weighted by Crippen LogP contribution is -2.14. The monoisotopic (exact) mass is 313 g/mol. The van der Waals surface area contributed by atoms with Crippen molar-refractivity contribution in [2.45, 2.75) is 6.18 Å². The fourth-order valence-corrected chi connectivity index (χ4v) is 1.73. The van der Waals surface area contributed by atoms with Gasteiger partial charge in [0.1, 0.15) is 11.6 Å². The van der Waals surface area contributed by atoms with Crippen molar-refractivity contribution in [2.24, 2.45) is 0 Å². The highest BCUT2D eigenvalue weighted by Gasteiger charge is 2.31. The highest BCUT2D eigenvalue weighted by molar-refractivity contribution is 6.04. The molecule has 0 aliphatic heterocycles. The Kier molecular flexibility index (Phi) is 4.35. The maximum absolute atomic E-state index is 13.6. The first-order valence-electron chi connectivity index (χ1n) is 6.13. The summed E-state index contributed by atoms with van der Waals surface area (Å²) in [5.74, 6) is -1.16. The molecule has 2 aromatic rings. The van der Waals surface area contributed by atoms with Crippen LogP contribution in [0.1, 0.15) is 15.9 Å². The Morgan fingerprint density at radius 2 is 1.73 bits per heavy atom. The minimum absolute atomic E-state index is 0.164. The van der Waals surface area contributed by atoms with Gasteiger partial charge in [-0.3, -0.25) is 4.79 Å². The van der Waals surface area contributed by atoms with E-state index in [4.69, 9.17) is 4.74 Å². The summed E-state index contributed by atoms with van der Waals surface area (Å²) in [6.45, 7) is 0. The number of rotatable bonds is 3. The van der Waals surface area contributed by atoms with E-state index in [1.54, 1.807) is 0 Å². The number of nitrogens with one attached hydrogen (secondary N) is 1. The Labute approximate surface area is 123 Å². The quantitative estimate of drug-likeness (QED) is 0.866. The summed E-state index contributed by atoms with van der Waals surface area (Å²) in [5, 5.41) is 2.12. The second-order valence-corrected chi connectivity index (χ2v) is 4.38. The summed E-state index contributed by atoms with van der Waals surface area (Å²) in [4.78, 5) is 11.9. The van der Waals surface area contributed by atoms with Crippen molar-refractivity contribution in [1.29, 1.82) is 0 Å². The summed E-state index contributed by atoms with van der Waals surface area (Å²) in [5.41, 5.74) is -1.41. The second kappa shape index (κ2) is 6.05. The molecule has 1 N–H and O–H groups in total. The van der Waals surface area contributed by atoms with Crippen LogP contribution < -0.4 is 10.1 Å². The molecule has 0 radical (unpaired) electrons. The molecule has 0 fully saturated rings. The number of carbonyl (C=O) groups excluding carboxylic acids is 1. The van der Waals surface area contributed by atoms with Crippen LogP contribution in [0.3, 0.4) is 0 Å². The minimum atomic E-state index is -4.62. The number of hydrogen-bond donors (Lipinski definition) is 1. The van der Waals surface area contributed by atoms with Crippen LogP contribution in [0, 0.1) is 5.82 Å². The maximum Gasteiger partial charge on any atom is 0.416 e.